The number of aromatic nitrogens is 1. The molecule has 2 aromatic carbocycles. The number of hydrogen-bond acceptors (Lipinski definition) is 4. The van der Waals surface area contributed by atoms with Crippen molar-refractivity contribution in [2.75, 3.05) is 14.2 Å². The molecule has 0 aliphatic rings. The summed E-state index contributed by atoms with van der Waals surface area (Å²) in [7, 11) is 3.07. The molecule has 0 saturated heterocycles. The Morgan fingerprint density at radius 3 is 2.55 bits per heavy atom. The molecule has 0 spiro atoms. The summed E-state index contributed by atoms with van der Waals surface area (Å²) in [6, 6.07) is 13.6. The van der Waals surface area contributed by atoms with E-state index >= 15 is 0 Å². The summed E-state index contributed by atoms with van der Waals surface area (Å²) in [5.41, 5.74) is 3.16. The number of methoxy groups -OCH3 is 2. The van der Waals surface area contributed by atoms with E-state index in [0.29, 0.717) is 17.1 Å². The molecule has 3 rings (SSSR count). The number of nitrogens with zero attached hydrogens (tertiary/aromatic N) is 1. The lowest BCUT2D eigenvalue weighted by molar-refractivity contribution is 0.112. The fourth-order valence-electron chi connectivity index (χ4n) is 2.48. The Morgan fingerprint density at radius 1 is 1.00 bits per heavy atom. The number of para-hydroxylation sites is 1. The highest BCUT2D eigenvalue weighted by Crippen LogP contribution is 2.35. The van der Waals surface area contributed by atoms with E-state index in [1.165, 1.54) is 7.11 Å². The third-order valence-electron chi connectivity index (χ3n) is 3.56. The van der Waals surface area contributed by atoms with Gasteiger partial charge in [0, 0.05) is 17.1 Å². The van der Waals surface area contributed by atoms with Gasteiger partial charge in [0.25, 0.3) is 0 Å². The lowest BCUT2D eigenvalue weighted by atomic mass is 10.0. The Labute approximate surface area is 128 Å². The van der Waals surface area contributed by atoms with Crippen molar-refractivity contribution < 1.29 is 14.3 Å². The molecule has 1 aromatic heterocycles. The highest BCUT2D eigenvalue weighted by Gasteiger charge is 2.13. The molecule has 0 atom stereocenters. The molecule has 0 unspecified atom stereocenters. The van der Waals surface area contributed by atoms with Crippen molar-refractivity contribution in [2.24, 2.45) is 0 Å². The van der Waals surface area contributed by atoms with E-state index in [1.54, 1.807) is 19.4 Å². The first-order valence-corrected chi connectivity index (χ1v) is 6.83. The first-order valence-electron chi connectivity index (χ1n) is 6.83. The van der Waals surface area contributed by atoms with Crippen LogP contribution in [0.1, 0.15) is 10.4 Å². The largest absolute Gasteiger partial charge is 0.493 e. The number of aldehydes is 1. The molecule has 0 saturated carbocycles. The Hall–Kier alpha value is -2.88. The highest BCUT2D eigenvalue weighted by molar-refractivity contribution is 5.88. The standard InChI is InChI=1S/C18H15NO3/c1-21-17-9-13(8-15(11-20)18(17)22-2)14-7-12-5-3-4-6-16(12)19-10-14/h3-11H,1-2H3. The average Bonchev–Trinajstić information content (AvgIpc) is 2.59. The first kappa shape index (κ1) is 14.1. The van der Waals surface area contributed by atoms with Crippen molar-refractivity contribution in [1.29, 1.82) is 0 Å². The van der Waals surface area contributed by atoms with Crippen LogP contribution < -0.4 is 9.47 Å². The van der Waals surface area contributed by atoms with E-state index in [9.17, 15) is 4.79 Å². The monoisotopic (exact) mass is 293 g/mol. The lowest BCUT2D eigenvalue weighted by Crippen LogP contribution is -1.96. The van der Waals surface area contributed by atoms with Gasteiger partial charge in [-0.05, 0) is 29.8 Å². The predicted octanol–water partition coefficient (Wildman–Crippen LogP) is 3.73. The SMILES string of the molecule is COc1cc(-c2cnc3ccccc3c2)cc(C=O)c1OC. The molecular weight excluding hydrogens is 278 g/mol. The van der Waals surface area contributed by atoms with Crippen LogP contribution in [-0.4, -0.2) is 25.5 Å². The summed E-state index contributed by atoms with van der Waals surface area (Å²) >= 11 is 0. The molecule has 3 aromatic rings. The summed E-state index contributed by atoms with van der Waals surface area (Å²) in [5, 5.41) is 1.04. The van der Waals surface area contributed by atoms with Gasteiger partial charge in [0.05, 0.1) is 25.3 Å². The van der Waals surface area contributed by atoms with Crippen LogP contribution in [0.4, 0.5) is 0 Å². The van der Waals surface area contributed by atoms with E-state index in [4.69, 9.17) is 9.47 Å². The van der Waals surface area contributed by atoms with Crippen molar-refractivity contribution >= 4 is 17.2 Å². The summed E-state index contributed by atoms with van der Waals surface area (Å²) in [6.45, 7) is 0. The highest BCUT2D eigenvalue weighted by atomic mass is 16.5. The zero-order chi connectivity index (χ0) is 15.5. The maximum atomic E-state index is 11.3. The van der Waals surface area contributed by atoms with E-state index < -0.39 is 0 Å². The number of fused-ring (bicyclic) bond motifs is 1. The molecular formula is C18H15NO3. The van der Waals surface area contributed by atoms with Gasteiger partial charge in [0.15, 0.2) is 17.8 Å². The van der Waals surface area contributed by atoms with E-state index in [1.807, 2.05) is 36.4 Å². The normalized spacial score (nSPS) is 10.5. The van der Waals surface area contributed by atoms with Crippen LogP contribution >= 0.6 is 0 Å². The molecule has 0 fully saturated rings. The van der Waals surface area contributed by atoms with Crippen LogP contribution in [0.5, 0.6) is 11.5 Å². The number of benzene rings is 2. The lowest BCUT2D eigenvalue weighted by Gasteiger charge is -2.12. The van der Waals surface area contributed by atoms with Crippen LogP contribution in [0.25, 0.3) is 22.0 Å². The van der Waals surface area contributed by atoms with Crippen LogP contribution in [0.2, 0.25) is 0 Å². The quantitative estimate of drug-likeness (QED) is 0.688. The molecule has 0 radical (unpaired) electrons. The van der Waals surface area contributed by atoms with Crippen LogP contribution in [0.15, 0.2) is 48.7 Å². The van der Waals surface area contributed by atoms with Gasteiger partial charge in [-0.15, -0.1) is 0 Å². The Kier molecular flexibility index (Phi) is 3.74. The van der Waals surface area contributed by atoms with Gasteiger partial charge < -0.3 is 9.47 Å². The van der Waals surface area contributed by atoms with Gasteiger partial charge in [-0.2, -0.15) is 0 Å². The molecule has 0 N–H and O–H groups in total. The van der Waals surface area contributed by atoms with Crippen molar-refractivity contribution in [1.82, 2.24) is 4.98 Å². The number of carbonyl (C=O) groups excluding carboxylic acids is 1. The van der Waals surface area contributed by atoms with Gasteiger partial charge in [-0.25, -0.2) is 0 Å². The third kappa shape index (κ3) is 2.39. The molecule has 110 valence electrons. The van der Waals surface area contributed by atoms with Gasteiger partial charge in [-0.1, -0.05) is 18.2 Å². The topological polar surface area (TPSA) is 48.4 Å². The Morgan fingerprint density at radius 2 is 1.82 bits per heavy atom. The zero-order valence-electron chi connectivity index (χ0n) is 12.4. The zero-order valence-corrected chi connectivity index (χ0v) is 12.4. The number of rotatable bonds is 4. The minimum Gasteiger partial charge on any atom is -0.493 e. The smallest absolute Gasteiger partial charge is 0.171 e. The minimum absolute atomic E-state index is 0.440. The molecule has 0 amide bonds. The summed E-state index contributed by atoms with van der Waals surface area (Å²) < 4.78 is 10.6. The Balaban J connectivity index is 2.19. The van der Waals surface area contributed by atoms with Gasteiger partial charge in [-0.3, -0.25) is 9.78 Å². The molecule has 22 heavy (non-hydrogen) atoms. The van der Waals surface area contributed by atoms with Gasteiger partial charge in [0.1, 0.15) is 0 Å². The van der Waals surface area contributed by atoms with Crippen molar-refractivity contribution in [3.63, 3.8) is 0 Å². The van der Waals surface area contributed by atoms with Crippen LogP contribution in [-0.2, 0) is 0 Å². The maximum Gasteiger partial charge on any atom is 0.171 e. The average molecular weight is 293 g/mol. The summed E-state index contributed by atoms with van der Waals surface area (Å²) in [6.07, 6.45) is 2.55. The number of hydrogen-bond donors (Lipinski definition) is 0. The van der Waals surface area contributed by atoms with Crippen molar-refractivity contribution in [3.8, 4) is 22.6 Å². The molecule has 4 heteroatoms. The Bertz CT molecular complexity index is 843. The minimum atomic E-state index is 0.440. The van der Waals surface area contributed by atoms with Crippen molar-refractivity contribution in [3.05, 3.63) is 54.2 Å². The molecule has 1 heterocycles. The second kappa shape index (κ2) is 5.85. The van der Waals surface area contributed by atoms with Crippen LogP contribution in [0.3, 0.4) is 0 Å². The third-order valence-corrected chi connectivity index (χ3v) is 3.56. The number of pyridine rings is 1. The van der Waals surface area contributed by atoms with E-state index in [0.717, 1.165) is 28.3 Å². The van der Waals surface area contributed by atoms with Gasteiger partial charge in [0.2, 0.25) is 0 Å². The fourth-order valence-corrected chi connectivity index (χ4v) is 2.48. The van der Waals surface area contributed by atoms with E-state index in [-0.39, 0.29) is 0 Å². The number of ether oxygens (including phenoxy) is 2. The second-order valence-electron chi connectivity index (χ2n) is 4.84. The predicted molar refractivity (Wildman–Crippen MR) is 85.7 cm³/mol. The first-order chi connectivity index (χ1) is 10.8. The fraction of sp³-hybridized carbons (Fsp3) is 0.111. The summed E-state index contributed by atoms with van der Waals surface area (Å²) in [5.74, 6) is 0.963. The van der Waals surface area contributed by atoms with Gasteiger partial charge >= 0.3 is 0 Å². The van der Waals surface area contributed by atoms with Crippen LogP contribution in [0, 0.1) is 0 Å². The maximum absolute atomic E-state index is 11.3. The molecule has 0 aliphatic heterocycles. The molecule has 0 aliphatic carbocycles. The summed E-state index contributed by atoms with van der Waals surface area (Å²) in [4.78, 5) is 15.7. The molecule has 4 nitrogen and oxygen atoms in total. The molecule has 0 bridgehead atoms. The van der Waals surface area contributed by atoms with E-state index in [2.05, 4.69) is 4.98 Å². The number of carbonyl (C=O) groups is 1. The second-order valence-corrected chi connectivity index (χ2v) is 4.84. The van der Waals surface area contributed by atoms with Crippen molar-refractivity contribution in [2.45, 2.75) is 0 Å².